The molecule has 0 unspecified atom stereocenters. The molecular weight excluding hydrogens is 206 g/mol. The molecule has 0 aliphatic heterocycles. The Morgan fingerprint density at radius 1 is 1.18 bits per heavy atom. The minimum atomic E-state index is 0.807. The zero-order chi connectivity index (χ0) is 11.9. The predicted octanol–water partition coefficient (Wildman–Crippen LogP) is 3.85. The number of benzene rings is 1. The van der Waals surface area contributed by atoms with Gasteiger partial charge in [-0.15, -0.1) is 0 Å². The maximum Gasteiger partial charge on any atom is 0.00670 e. The third-order valence-electron chi connectivity index (χ3n) is 3.76. The Morgan fingerprint density at radius 2 is 2.00 bits per heavy atom. The Morgan fingerprint density at radius 3 is 2.76 bits per heavy atom. The molecule has 0 radical (unpaired) electrons. The fraction of sp³-hybridized carbons (Fsp3) is 0.625. The van der Waals surface area contributed by atoms with Gasteiger partial charge in [-0.05, 0) is 44.7 Å². The van der Waals surface area contributed by atoms with E-state index in [1.54, 1.807) is 0 Å². The summed E-state index contributed by atoms with van der Waals surface area (Å²) in [5.41, 5.74) is 2.86. The van der Waals surface area contributed by atoms with Crippen LogP contribution >= 0.6 is 0 Å². The summed E-state index contributed by atoms with van der Waals surface area (Å²) in [6.07, 6.45) is 9.56. The molecular formula is C16H25N. The molecule has 1 fully saturated rings. The normalized spacial score (nSPS) is 17.2. The lowest BCUT2D eigenvalue weighted by Crippen LogP contribution is -2.31. The molecule has 1 aliphatic rings. The van der Waals surface area contributed by atoms with E-state index in [0.717, 1.165) is 6.04 Å². The summed E-state index contributed by atoms with van der Waals surface area (Å²) in [5, 5.41) is 3.71. The van der Waals surface area contributed by atoms with Crippen molar-refractivity contribution in [2.24, 2.45) is 0 Å². The molecule has 0 heterocycles. The molecule has 1 aromatic rings. The van der Waals surface area contributed by atoms with Gasteiger partial charge in [-0.25, -0.2) is 0 Å². The first kappa shape index (κ1) is 12.6. The van der Waals surface area contributed by atoms with Gasteiger partial charge in [-0.3, -0.25) is 0 Å². The van der Waals surface area contributed by atoms with Gasteiger partial charge in [0.05, 0.1) is 0 Å². The molecule has 1 heteroatoms. The van der Waals surface area contributed by atoms with E-state index in [2.05, 4.69) is 36.5 Å². The van der Waals surface area contributed by atoms with Crippen LogP contribution in [0.15, 0.2) is 24.3 Å². The van der Waals surface area contributed by atoms with Gasteiger partial charge in [0, 0.05) is 6.04 Å². The van der Waals surface area contributed by atoms with Crippen molar-refractivity contribution in [3.8, 4) is 0 Å². The third-order valence-corrected chi connectivity index (χ3v) is 3.76. The van der Waals surface area contributed by atoms with E-state index in [1.165, 1.54) is 62.6 Å². The van der Waals surface area contributed by atoms with Crippen molar-refractivity contribution >= 4 is 0 Å². The lowest BCUT2D eigenvalue weighted by atomic mass is 9.95. The number of hydrogen-bond donors (Lipinski definition) is 1. The predicted molar refractivity (Wildman–Crippen MR) is 74.4 cm³/mol. The van der Waals surface area contributed by atoms with Crippen LogP contribution in [0.25, 0.3) is 0 Å². The number of hydrogen-bond acceptors (Lipinski definition) is 1. The zero-order valence-corrected chi connectivity index (χ0v) is 11.0. The lowest BCUT2D eigenvalue weighted by Gasteiger charge is -2.22. The topological polar surface area (TPSA) is 12.0 Å². The summed E-state index contributed by atoms with van der Waals surface area (Å²) in [6.45, 7) is 3.35. The van der Waals surface area contributed by atoms with Crippen molar-refractivity contribution < 1.29 is 0 Å². The second kappa shape index (κ2) is 6.80. The van der Waals surface area contributed by atoms with E-state index in [4.69, 9.17) is 0 Å². The first-order valence-electron chi connectivity index (χ1n) is 7.13. The van der Waals surface area contributed by atoms with E-state index in [0.29, 0.717) is 0 Å². The minimum Gasteiger partial charge on any atom is -0.314 e. The highest BCUT2D eigenvalue weighted by molar-refractivity contribution is 5.22. The maximum atomic E-state index is 3.71. The molecule has 1 N–H and O–H groups in total. The van der Waals surface area contributed by atoms with Crippen LogP contribution in [-0.4, -0.2) is 12.6 Å². The first-order chi connectivity index (χ1) is 8.34. The Labute approximate surface area is 106 Å². The second-order valence-electron chi connectivity index (χ2n) is 5.38. The molecule has 0 spiro atoms. The molecule has 0 aromatic heterocycles. The van der Waals surface area contributed by atoms with Crippen LogP contribution in [0, 0.1) is 6.92 Å². The second-order valence-corrected chi connectivity index (χ2v) is 5.38. The van der Waals surface area contributed by atoms with Crippen molar-refractivity contribution in [2.45, 2.75) is 57.9 Å². The highest BCUT2D eigenvalue weighted by Gasteiger charge is 2.11. The van der Waals surface area contributed by atoms with Crippen LogP contribution in [0.2, 0.25) is 0 Å². The van der Waals surface area contributed by atoms with Gasteiger partial charge in [0.2, 0.25) is 0 Å². The van der Waals surface area contributed by atoms with Gasteiger partial charge in [-0.1, -0.05) is 49.1 Å². The average Bonchev–Trinajstić information content (AvgIpc) is 2.36. The molecule has 0 saturated heterocycles. The SMILES string of the molecule is Cc1cccc(CCCNC2CCCCC2)c1. The Balaban J connectivity index is 1.62. The Hall–Kier alpha value is -0.820. The zero-order valence-electron chi connectivity index (χ0n) is 11.0. The molecule has 1 aromatic carbocycles. The number of nitrogens with one attached hydrogen (secondary N) is 1. The maximum absolute atomic E-state index is 3.71. The van der Waals surface area contributed by atoms with Gasteiger partial charge in [0.1, 0.15) is 0 Å². The molecule has 1 aliphatic carbocycles. The van der Waals surface area contributed by atoms with Crippen molar-refractivity contribution in [2.75, 3.05) is 6.54 Å². The lowest BCUT2D eigenvalue weighted by molar-refractivity contribution is 0.372. The summed E-state index contributed by atoms with van der Waals surface area (Å²) < 4.78 is 0. The summed E-state index contributed by atoms with van der Waals surface area (Å²) >= 11 is 0. The summed E-state index contributed by atoms with van der Waals surface area (Å²) in [6, 6.07) is 9.69. The smallest absolute Gasteiger partial charge is 0.00670 e. The first-order valence-corrected chi connectivity index (χ1v) is 7.13. The monoisotopic (exact) mass is 231 g/mol. The van der Waals surface area contributed by atoms with Crippen LogP contribution in [0.4, 0.5) is 0 Å². The van der Waals surface area contributed by atoms with Gasteiger partial charge in [0.15, 0.2) is 0 Å². The number of aryl methyl sites for hydroxylation is 2. The van der Waals surface area contributed by atoms with E-state index >= 15 is 0 Å². The standard InChI is InChI=1S/C16H25N/c1-14-7-5-8-15(13-14)9-6-12-17-16-10-3-2-4-11-16/h5,7-8,13,16-17H,2-4,6,9-12H2,1H3. The van der Waals surface area contributed by atoms with Crippen molar-refractivity contribution in [3.05, 3.63) is 35.4 Å². The molecule has 94 valence electrons. The van der Waals surface area contributed by atoms with Crippen molar-refractivity contribution in [1.29, 1.82) is 0 Å². The van der Waals surface area contributed by atoms with Crippen molar-refractivity contribution in [3.63, 3.8) is 0 Å². The molecule has 0 bridgehead atoms. The molecule has 0 amide bonds. The summed E-state index contributed by atoms with van der Waals surface area (Å²) in [7, 11) is 0. The highest BCUT2D eigenvalue weighted by Crippen LogP contribution is 2.17. The fourth-order valence-electron chi connectivity index (χ4n) is 2.77. The van der Waals surface area contributed by atoms with Crippen LogP contribution < -0.4 is 5.32 Å². The number of rotatable bonds is 5. The van der Waals surface area contributed by atoms with E-state index in [9.17, 15) is 0 Å². The van der Waals surface area contributed by atoms with Gasteiger partial charge >= 0.3 is 0 Å². The van der Waals surface area contributed by atoms with Crippen LogP contribution in [0.5, 0.6) is 0 Å². The van der Waals surface area contributed by atoms with Gasteiger partial charge in [-0.2, -0.15) is 0 Å². The van der Waals surface area contributed by atoms with Crippen LogP contribution in [0.3, 0.4) is 0 Å². The molecule has 17 heavy (non-hydrogen) atoms. The quantitative estimate of drug-likeness (QED) is 0.759. The van der Waals surface area contributed by atoms with Gasteiger partial charge < -0.3 is 5.32 Å². The summed E-state index contributed by atoms with van der Waals surface area (Å²) in [4.78, 5) is 0. The van der Waals surface area contributed by atoms with Gasteiger partial charge in [0.25, 0.3) is 0 Å². The molecule has 1 nitrogen and oxygen atoms in total. The molecule has 0 atom stereocenters. The van der Waals surface area contributed by atoms with E-state index in [-0.39, 0.29) is 0 Å². The Kier molecular flexibility index (Phi) is 5.06. The molecule has 2 rings (SSSR count). The Bertz CT molecular complexity index is 326. The van der Waals surface area contributed by atoms with E-state index in [1.807, 2.05) is 0 Å². The van der Waals surface area contributed by atoms with E-state index < -0.39 is 0 Å². The molecule has 1 saturated carbocycles. The summed E-state index contributed by atoms with van der Waals surface area (Å²) in [5.74, 6) is 0. The average molecular weight is 231 g/mol. The fourth-order valence-corrected chi connectivity index (χ4v) is 2.77. The highest BCUT2D eigenvalue weighted by atomic mass is 14.9. The third kappa shape index (κ3) is 4.51. The van der Waals surface area contributed by atoms with Crippen LogP contribution in [0.1, 0.15) is 49.7 Å². The van der Waals surface area contributed by atoms with Crippen molar-refractivity contribution in [1.82, 2.24) is 5.32 Å². The van der Waals surface area contributed by atoms with Crippen LogP contribution in [-0.2, 0) is 6.42 Å². The largest absolute Gasteiger partial charge is 0.314 e. The minimum absolute atomic E-state index is 0.807.